The van der Waals surface area contributed by atoms with E-state index in [9.17, 15) is 26.8 Å². The zero-order valence-corrected chi connectivity index (χ0v) is 15.7. The maximum Gasteiger partial charge on any atom is 0.247 e. The molecule has 1 N–H and O–H groups in total. The summed E-state index contributed by atoms with van der Waals surface area (Å²) in [5.41, 5.74) is 0.496. The zero-order valence-electron chi connectivity index (χ0n) is 14.9. The predicted octanol–water partition coefficient (Wildman–Crippen LogP) is 2.96. The highest BCUT2D eigenvalue weighted by Crippen LogP contribution is 2.24. The minimum absolute atomic E-state index is 0.184. The number of ketones is 1. The molecule has 0 aliphatic carbocycles. The number of amides is 1. The number of nitrogens with zero attached hydrogens (tertiary/aromatic N) is 1. The van der Waals surface area contributed by atoms with Crippen molar-refractivity contribution in [2.24, 2.45) is 0 Å². The first-order valence-corrected chi connectivity index (χ1v) is 9.72. The summed E-state index contributed by atoms with van der Waals surface area (Å²) in [6, 6.07) is 7.44. The van der Waals surface area contributed by atoms with E-state index in [2.05, 4.69) is 5.32 Å². The number of benzene rings is 2. The van der Waals surface area contributed by atoms with E-state index >= 15 is 0 Å². The largest absolute Gasteiger partial charge is 0.324 e. The van der Waals surface area contributed by atoms with Gasteiger partial charge >= 0.3 is 0 Å². The molecule has 2 rings (SSSR count). The maximum absolute atomic E-state index is 13.5. The van der Waals surface area contributed by atoms with Crippen LogP contribution in [0.2, 0.25) is 0 Å². The monoisotopic (exact) mass is 396 g/mol. The third-order valence-electron chi connectivity index (χ3n) is 3.78. The second-order valence-corrected chi connectivity index (χ2v) is 7.82. The van der Waals surface area contributed by atoms with Gasteiger partial charge in [0, 0.05) is 17.3 Å². The van der Waals surface area contributed by atoms with Gasteiger partial charge in [-0.25, -0.2) is 17.2 Å². The van der Waals surface area contributed by atoms with Gasteiger partial charge in [-0.1, -0.05) is 12.1 Å². The van der Waals surface area contributed by atoms with Crippen LogP contribution >= 0.6 is 0 Å². The number of Topliss-reactive ketones (excluding diaryl/α,β-unsaturated/α-hetero) is 1. The van der Waals surface area contributed by atoms with Crippen LogP contribution in [0.4, 0.5) is 20.2 Å². The summed E-state index contributed by atoms with van der Waals surface area (Å²) in [5, 5.41) is 2.52. The number of sulfonamides is 1. The highest BCUT2D eigenvalue weighted by Gasteiger charge is 2.30. The summed E-state index contributed by atoms with van der Waals surface area (Å²) in [5.74, 6) is -3.27. The molecule has 9 heteroatoms. The van der Waals surface area contributed by atoms with Crippen molar-refractivity contribution in [3.8, 4) is 0 Å². The van der Waals surface area contributed by atoms with Crippen molar-refractivity contribution in [1.82, 2.24) is 0 Å². The minimum atomic E-state index is -3.98. The Balaban J connectivity index is 2.33. The standard InChI is InChI=1S/C18H18F2N2O4S/c1-11(18(24)21-14-6-4-5-13(9-14)12(2)23)22(27(3,25)26)15-7-8-16(19)17(20)10-15/h4-11H,1-3H3,(H,21,24)/t11-/m0/s1. The first kappa shape index (κ1) is 20.5. The summed E-state index contributed by atoms with van der Waals surface area (Å²) in [7, 11) is -3.98. The Hall–Kier alpha value is -2.81. The van der Waals surface area contributed by atoms with Crippen LogP contribution in [-0.2, 0) is 14.8 Å². The van der Waals surface area contributed by atoms with Crippen LogP contribution < -0.4 is 9.62 Å². The van der Waals surface area contributed by atoms with Crippen molar-refractivity contribution in [1.29, 1.82) is 0 Å². The molecule has 0 aromatic heterocycles. The number of hydrogen-bond acceptors (Lipinski definition) is 4. The summed E-state index contributed by atoms with van der Waals surface area (Å²) >= 11 is 0. The van der Waals surface area contributed by atoms with Gasteiger partial charge in [0.05, 0.1) is 11.9 Å². The molecule has 1 amide bonds. The van der Waals surface area contributed by atoms with E-state index in [0.717, 1.165) is 18.4 Å². The van der Waals surface area contributed by atoms with E-state index in [4.69, 9.17) is 0 Å². The topological polar surface area (TPSA) is 83.6 Å². The molecule has 0 fully saturated rings. The Morgan fingerprint density at radius 2 is 1.74 bits per heavy atom. The first-order chi connectivity index (χ1) is 12.5. The Labute approximate surface area is 155 Å². The van der Waals surface area contributed by atoms with Gasteiger partial charge in [-0.3, -0.25) is 13.9 Å². The van der Waals surface area contributed by atoms with E-state index in [1.807, 2.05) is 0 Å². The fraction of sp³-hybridized carbons (Fsp3) is 0.222. The van der Waals surface area contributed by atoms with Crippen LogP contribution in [0.1, 0.15) is 24.2 Å². The van der Waals surface area contributed by atoms with E-state index in [1.165, 1.54) is 19.9 Å². The van der Waals surface area contributed by atoms with Gasteiger partial charge in [-0.05, 0) is 38.1 Å². The lowest BCUT2D eigenvalue weighted by Crippen LogP contribution is -2.45. The van der Waals surface area contributed by atoms with Gasteiger partial charge in [0.1, 0.15) is 6.04 Å². The highest BCUT2D eigenvalue weighted by atomic mass is 32.2. The number of halogens is 2. The molecular formula is C18H18F2N2O4S. The number of carbonyl (C=O) groups excluding carboxylic acids is 2. The molecule has 2 aromatic rings. The summed E-state index contributed by atoms with van der Waals surface area (Å²) in [6.07, 6.45) is 0.856. The Kier molecular flexibility index (Phi) is 5.94. The molecule has 144 valence electrons. The fourth-order valence-corrected chi connectivity index (χ4v) is 3.66. The molecule has 0 saturated carbocycles. The van der Waals surface area contributed by atoms with E-state index in [-0.39, 0.29) is 11.5 Å². The number of rotatable bonds is 6. The van der Waals surface area contributed by atoms with Crippen molar-refractivity contribution in [3.05, 3.63) is 59.7 Å². The van der Waals surface area contributed by atoms with Crippen molar-refractivity contribution in [3.63, 3.8) is 0 Å². The van der Waals surface area contributed by atoms with Crippen LogP contribution in [-0.4, -0.2) is 32.4 Å². The lowest BCUT2D eigenvalue weighted by molar-refractivity contribution is -0.116. The molecule has 2 aromatic carbocycles. The van der Waals surface area contributed by atoms with Gasteiger partial charge in [0.25, 0.3) is 0 Å². The van der Waals surface area contributed by atoms with E-state index in [0.29, 0.717) is 21.6 Å². The number of hydrogen-bond donors (Lipinski definition) is 1. The predicted molar refractivity (Wildman–Crippen MR) is 98.2 cm³/mol. The average Bonchev–Trinajstić information content (AvgIpc) is 2.57. The van der Waals surface area contributed by atoms with Crippen LogP contribution in [0.5, 0.6) is 0 Å². The summed E-state index contributed by atoms with van der Waals surface area (Å²) < 4.78 is 51.7. The van der Waals surface area contributed by atoms with Crippen molar-refractivity contribution in [2.75, 3.05) is 15.9 Å². The number of carbonyl (C=O) groups is 2. The van der Waals surface area contributed by atoms with Crippen LogP contribution in [0.25, 0.3) is 0 Å². The quantitative estimate of drug-likeness (QED) is 0.761. The second kappa shape index (κ2) is 7.83. The first-order valence-electron chi connectivity index (χ1n) is 7.87. The average molecular weight is 396 g/mol. The SMILES string of the molecule is CC(=O)c1cccc(NC(=O)[C@H](C)N(c2ccc(F)c(F)c2)S(C)(=O)=O)c1. The van der Waals surface area contributed by atoms with Crippen LogP contribution in [0.15, 0.2) is 42.5 Å². The third-order valence-corrected chi connectivity index (χ3v) is 5.02. The number of nitrogens with one attached hydrogen (secondary N) is 1. The maximum atomic E-state index is 13.5. The molecule has 0 bridgehead atoms. The van der Waals surface area contributed by atoms with Gasteiger partial charge in [0.2, 0.25) is 15.9 Å². The van der Waals surface area contributed by atoms with Crippen molar-refractivity contribution < 1.29 is 26.8 Å². The van der Waals surface area contributed by atoms with E-state index in [1.54, 1.807) is 18.2 Å². The van der Waals surface area contributed by atoms with Crippen molar-refractivity contribution >= 4 is 33.1 Å². The molecular weight excluding hydrogens is 378 g/mol. The van der Waals surface area contributed by atoms with Gasteiger partial charge < -0.3 is 5.32 Å². The Morgan fingerprint density at radius 3 is 2.30 bits per heavy atom. The van der Waals surface area contributed by atoms with Gasteiger partial charge in [0.15, 0.2) is 17.4 Å². The molecule has 6 nitrogen and oxygen atoms in total. The second-order valence-electron chi connectivity index (χ2n) is 5.96. The number of anilines is 2. The lowest BCUT2D eigenvalue weighted by Gasteiger charge is -2.28. The zero-order chi connectivity index (χ0) is 20.4. The van der Waals surface area contributed by atoms with Crippen molar-refractivity contribution in [2.45, 2.75) is 19.9 Å². The third kappa shape index (κ3) is 4.88. The molecule has 0 heterocycles. The summed E-state index contributed by atoms with van der Waals surface area (Å²) in [4.78, 5) is 24.0. The smallest absolute Gasteiger partial charge is 0.247 e. The summed E-state index contributed by atoms with van der Waals surface area (Å²) in [6.45, 7) is 2.69. The normalized spacial score (nSPS) is 12.3. The molecule has 0 aliphatic heterocycles. The van der Waals surface area contributed by atoms with Gasteiger partial charge in [-0.2, -0.15) is 0 Å². The molecule has 0 unspecified atom stereocenters. The molecule has 27 heavy (non-hydrogen) atoms. The highest BCUT2D eigenvalue weighted by molar-refractivity contribution is 7.92. The molecule has 0 spiro atoms. The van der Waals surface area contributed by atoms with Crippen LogP contribution in [0.3, 0.4) is 0 Å². The molecule has 0 saturated heterocycles. The van der Waals surface area contributed by atoms with Crippen LogP contribution in [0, 0.1) is 11.6 Å². The molecule has 1 atom stereocenters. The van der Waals surface area contributed by atoms with E-state index < -0.39 is 33.6 Å². The Morgan fingerprint density at radius 1 is 1.07 bits per heavy atom. The molecule has 0 radical (unpaired) electrons. The fourth-order valence-electron chi connectivity index (χ4n) is 2.49. The Bertz CT molecular complexity index is 993. The lowest BCUT2D eigenvalue weighted by atomic mass is 10.1. The molecule has 0 aliphatic rings. The minimum Gasteiger partial charge on any atom is -0.324 e. The van der Waals surface area contributed by atoms with Gasteiger partial charge in [-0.15, -0.1) is 0 Å².